The van der Waals surface area contributed by atoms with Crippen LogP contribution in [0, 0.1) is 10.1 Å². The first kappa shape index (κ1) is 14.3. The summed E-state index contributed by atoms with van der Waals surface area (Å²) >= 11 is 0. The van der Waals surface area contributed by atoms with Crippen LogP contribution in [0.3, 0.4) is 0 Å². The van der Waals surface area contributed by atoms with Gasteiger partial charge in [0.1, 0.15) is 5.69 Å². The summed E-state index contributed by atoms with van der Waals surface area (Å²) in [5.41, 5.74) is 12.9. The summed E-state index contributed by atoms with van der Waals surface area (Å²) in [7, 11) is 0. The van der Waals surface area contributed by atoms with Gasteiger partial charge in [0.15, 0.2) is 0 Å². The summed E-state index contributed by atoms with van der Waals surface area (Å²) in [5.74, 6) is -0.388. The maximum atomic E-state index is 12.0. The van der Waals surface area contributed by atoms with Gasteiger partial charge in [-0.3, -0.25) is 14.9 Å². The van der Waals surface area contributed by atoms with Gasteiger partial charge in [0.2, 0.25) is 5.91 Å². The third kappa shape index (κ3) is 3.47. The summed E-state index contributed by atoms with van der Waals surface area (Å²) in [4.78, 5) is 22.3. The Hall–Kier alpha value is -3.09. The van der Waals surface area contributed by atoms with Crippen LogP contribution in [0.1, 0.15) is 5.56 Å². The Kier molecular flexibility index (Phi) is 4.03. The van der Waals surface area contributed by atoms with Crippen molar-refractivity contribution >= 4 is 28.7 Å². The van der Waals surface area contributed by atoms with Gasteiger partial charge < -0.3 is 16.8 Å². The van der Waals surface area contributed by atoms with Crippen molar-refractivity contribution in [2.45, 2.75) is 6.42 Å². The number of benzene rings is 2. The molecule has 0 atom stereocenters. The maximum absolute atomic E-state index is 12.0. The van der Waals surface area contributed by atoms with Crippen molar-refractivity contribution in [3.8, 4) is 0 Å². The average molecular weight is 286 g/mol. The zero-order valence-electron chi connectivity index (χ0n) is 11.1. The van der Waals surface area contributed by atoms with E-state index < -0.39 is 4.92 Å². The van der Waals surface area contributed by atoms with Crippen LogP contribution in [-0.4, -0.2) is 10.8 Å². The van der Waals surface area contributed by atoms with E-state index in [4.69, 9.17) is 11.5 Å². The van der Waals surface area contributed by atoms with Crippen molar-refractivity contribution in [2.75, 3.05) is 16.8 Å². The SMILES string of the molecule is Nc1ccc(CC(=O)Nc2ccccc2[N+](=O)[O-])c(N)c1. The van der Waals surface area contributed by atoms with Crippen molar-refractivity contribution in [1.82, 2.24) is 0 Å². The summed E-state index contributed by atoms with van der Waals surface area (Å²) < 4.78 is 0. The monoisotopic (exact) mass is 286 g/mol. The van der Waals surface area contributed by atoms with E-state index in [9.17, 15) is 14.9 Å². The molecule has 7 heteroatoms. The molecule has 0 heterocycles. The fourth-order valence-corrected chi connectivity index (χ4v) is 1.88. The Morgan fingerprint density at radius 3 is 2.57 bits per heavy atom. The molecular weight excluding hydrogens is 272 g/mol. The topological polar surface area (TPSA) is 124 Å². The largest absolute Gasteiger partial charge is 0.399 e. The first-order valence-corrected chi connectivity index (χ1v) is 6.14. The number of nitrogen functional groups attached to an aromatic ring is 2. The van der Waals surface area contributed by atoms with Crippen molar-refractivity contribution in [2.24, 2.45) is 0 Å². The molecule has 0 aliphatic heterocycles. The van der Waals surface area contributed by atoms with E-state index in [2.05, 4.69) is 5.32 Å². The first-order chi connectivity index (χ1) is 9.97. The van der Waals surface area contributed by atoms with Crippen LogP contribution in [0.5, 0.6) is 0 Å². The van der Waals surface area contributed by atoms with Gasteiger partial charge >= 0.3 is 0 Å². The number of rotatable bonds is 4. The lowest BCUT2D eigenvalue weighted by molar-refractivity contribution is -0.383. The molecule has 21 heavy (non-hydrogen) atoms. The van der Waals surface area contributed by atoms with Gasteiger partial charge in [-0.2, -0.15) is 0 Å². The molecule has 108 valence electrons. The predicted octanol–water partition coefficient (Wildman–Crippen LogP) is 1.94. The molecule has 0 saturated carbocycles. The van der Waals surface area contributed by atoms with Gasteiger partial charge in [0, 0.05) is 17.4 Å². The second kappa shape index (κ2) is 5.91. The highest BCUT2D eigenvalue weighted by Gasteiger charge is 2.15. The van der Waals surface area contributed by atoms with Gasteiger partial charge in [-0.05, 0) is 23.8 Å². The van der Waals surface area contributed by atoms with Gasteiger partial charge in [-0.1, -0.05) is 18.2 Å². The molecule has 2 aromatic rings. The maximum Gasteiger partial charge on any atom is 0.292 e. The number of amides is 1. The number of nitrogens with one attached hydrogen (secondary N) is 1. The number of hydrogen-bond donors (Lipinski definition) is 3. The van der Waals surface area contributed by atoms with Crippen LogP contribution in [-0.2, 0) is 11.2 Å². The number of carbonyl (C=O) groups excluding carboxylic acids is 1. The highest BCUT2D eigenvalue weighted by atomic mass is 16.6. The highest BCUT2D eigenvalue weighted by molar-refractivity contribution is 5.95. The minimum atomic E-state index is -0.548. The molecule has 0 aliphatic carbocycles. The van der Waals surface area contributed by atoms with Crippen LogP contribution in [0.4, 0.5) is 22.7 Å². The number of para-hydroxylation sites is 2. The number of carbonyl (C=O) groups is 1. The van der Waals surface area contributed by atoms with Crippen molar-refractivity contribution in [3.05, 3.63) is 58.1 Å². The molecular formula is C14H14N4O3. The lowest BCUT2D eigenvalue weighted by Crippen LogP contribution is -2.16. The molecule has 2 rings (SSSR count). The summed E-state index contributed by atoms with van der Waals surface area (Å²) in [6.07, 6.45) is 0.0121. The van der Waals surface area contributed by atoms with E-state index in [1.54, 1.807) is 24.3 Å². The van der Waals surface area contributed by atoms with Gasteiger partial charge in [-0.25, -0.2) is 0 Å². The normalized spacial score (nSPS) is 10.1. The molecule has 5 N–H and O–H groups in total. The minimum Gasteiger partial charge on any atom is -0.399 e. The molecule has 0 saturated heterocycles. The third-order valence-corrected chi connectivity index (χ3v) is 2.90. The van der Waals surface area contributed by atoms with Crippen LogP contribution < -0.4 is 16.8 Å². The minimum absolute atomic E-state index is 0.0121. The molecule has 0 radical (unpaired) electrons. The molecule has 0 aromatic heterocycles. The van der Waals surface area contributed by atoms with Crippen LogP contribution in [0.25, 0.3) is 0 Å². The van der Waals surface area contributed by atoms with Gasteiger partial charge in [0.25, 0.3) is 5.69 Å². The number of anilines is 3. The second-order valence-electron chi connectivity index (χ2n) is 4.46. The van der Waals surface area contributed by atoms with Crippen molar-refractivity contribution in [3.63, 3.8) is 0 Å². The quantitative estimate of drug-likeness (QED) is 0.450. The highest BCUT2D eigenvalue weighted by Crippen LogP contribution is 2.24. The number of nitro groups is 1. The van der Waals surface area contributed by atoms with E-state index in [0.29, 0.717) is 16.9 Å². The van der Waals surface area contributed by atoms with E-state index in [0.717, 1.165) is 0 Å². The van der Waals surface area contributed by atoms with Crippen LogP contribution >= 0.6 is 0 Å². The number of nitro benzene ring substituents is 1. The Balaban J connectivity index is 2.14. The summed E-state index contributed by atoms with van der Waals surface area (Å²) in [6, 6.07) is 10.8. The predicted molar refractivity (Wildman–Crippen MR) is 80.7 cm³/mol. The Labute approximate surface area is 120 Å². The number of nitrogens with two attached hydrogens (primary N) is 2. The van der Waals surface area contributed by atoms with Crippen molar-refractivity contribution in [1.29, 1.82) is 0 Å². The number of nitrogens with zero attached hydrogens (tertiary/aromatic N) is 1. The average Bonchev–Trinajstić information content (AvgIpc) is 2.42. The van der Waals surface area contributed by atoms with E-state index in [1.165, 1.54) is 18.2 Å². The molecule has 0 fully saturated rings. The lowest BCUT2D eigenvalue weighted by atomic mass is 10.1. The fourth-order valence-electron chi connectivity index (χ4n) is 1.88. The van der Waals surface area contributed by atoms with Crippen molar-refractivity contribution < 1.29 is 9.72 Å². The number of hydrogen-bond acceptors (Lipinski definition) is 5. The third-order valence-electron chi connectivity index (χ3n) is 2.90. The lowest BCUT2D eigenvalue weighted by Gasteiger charge is -2.08. The summed E-state index contributed by atoms with van der Waals surface area (Å²) in [6.45, 7) is 0. The molecule has 7 nitrogen and oxygen atoms in total. The Morgan fingerprint density at radius 2 is 1.90 bits per heavy atom. The van der Waals surface area contributed by atoms with Crippen LogP contribution in [0.2, 0.25) is 0 Å². The molecule has 0 spiro atoms. The summed E-state index contributed by atoms with van der Waals surface area (Å²) in [5, 5.41) is 13.4. The zero-order chi connectivity index (χ0) is 15.4. The molecule has 0 bridgehead atoms. The Morgan fingerprint density at radius 1 is 1.19 bits per heavy atom. The van der Waals surface area contributed by atoms with Gasteiger partial charge in [-0.15, -0.1) is 0 Å². The second-order valence-corrected chi connectivity index (χ2v) is 4.46. The fraction of sp³-hybridized carbons (Fsp3) is 0.0714. The molecule has 0 unspecified atom stereocenters. The smallest absolute Gasteiger partial charge is 0.292 e. The van der Waals surface area contributed by atoms with E-state index >= 15 is 0 Å². The Bertz CT molecular complexity index is 700. The van der Waals surface area contributed by atoms with E-state index in [1.807, 2.05) is 0 Å². The molecule has 1 amide bonds. The molecule has 2 aromatic carbocycles. The zero-order valence-corrected chi connectivity index (χ0v) is 11.1. The van der Waals surface area contributed by atoms with Gasteiger partial charge in [0.05, 0.1) is 11.3 Å². The van der Waals surface area contributed by atoms with Crippen LogP contribution in [0.15, 0.2) is 42.5 Å². The standard InChI is InChI=1S/C14H14N4O3/c15-10-6-5-9(11(16)8-10)7-14(19)17-12-3-1-2-4-13(12)18(20)21/h1-6,8H,7,15-16H2,(H,17,19). The molecule has 0 aliphatic rings. The van der Waals surface area contributed by atoms with E-state index in [-0.39, 0.29) is 23.7 Å². The first-order valence-electron chi connectivity index (χ1n) is 6.14.